The summed E-state index contributed by atoms with van der Waals surface area (Å²) in [5.41, 5.74) is 0. The van der Waals surface area contributed by atoms with Gasteiger partial charge in [0.05, 0.1) is 13.2 Å². The van der Waals surface area contributed by atoms with Crippen molar-refractivity contribution in [1.82, 2.24) is 10.2 Å². The van der Waals surface area contributed by atoms with Gasteiger partial charge in [0.25, 0.3) is 0 Å². The highest BCUT2D eigenvalue weighted by Crippen LogP contribution is 1.98. The minimum atomic E-state index is -0.817. The van der Waals surface area contributed by atoms with Crippen LogP contribution < -0.4 is 5.32 Å². The molecule has 0 bridgehead atoms. The van der Waals surface area contributed by atoms with Gasteiger partial charge in [-0.15, -0.1) is 0 Å². The average molecular weight is 218 g/mol. The number of amides is 1. The molecule has 0 aromatic rings. The molecule has 0 aliphatic carbocycles. The van der Waals surface area contributed by atoms with Crippen LogP contribution in [0, 0.1) is 0 Å². The number of hydrogen-bond donors (Lipinski definition) is 2. The average Bonchev–Trinajstić information content (AvgIpc) is 2.17. The molecule has 0 saturated heterocycles. The standard InChI is InChI=1S/C9H18N2O4/c1-6(12)8(10-2)9(14)11(3)5-7(13)15-4/h6,8,10,12H,5H2,1-4H3/t6-,8+/m1/s1. The number of aliphatic hydroxyl groups is 1. The Kier molecular flexibility index (Phi) is 5.88. The summed E-state index contributed by atoms with van der Waals surface area (Å²) in [6.07, 6.45) is -0.817. The van der Waals surface area contributed by atoms with Crippen molar-refractivity contribution >= 4 is 11.9 Å². The summed E-state index contributed by atoms with van der Waals surface area (Å²) in [4.78, 5) is 23.8. The maximum absolute atomic E-state index is 11.7. The monoisotopic (exact) mass is 218 g/mol. The van der Waals surface area contributed by atoms with Crippen LogP contribution in [0.1, 0.15) is 6.92 Å². The summed E-state index contributed by atoms with van der Waals surface area (Å²) in [7, 11) is 4.30. The number of rotatable bonds is 5. The summed E-state index contributed by atoms with van der Waals surface area (Å²) in [5, 5.41) is 12.0. The Bertz CT molecular complexity index is 230. The topological polar surface area (TPSA) is 78.9 Å². The van der Waals surface area contributed by atoms with E-state index in [1.165, 1.54) is 26.0 Å². The molecule has 1 amide bonds. The highest BCUT2D eigenvalue weighted by atomic mass is 16.5. The molecule has 0 aliphatic heterocycles. The first-order valence-corrected chi connectivity index (χ1v) is 4.61. The fourth-order valence-electron chi connectivity index (χ4n) is 1.14. The van der Waals surface area contributed by atoms with Gasteiger partial charge in [0.1, 0.15) is 12.6 Å². The number of methoxy groups -OCH3 is 1. The number of ether oxygens (including phenoxy) is 1. The first-order chi connectivity index (χ1) is 6.93. The van der Waals surface area contributed by atoms with Crippen LogP contribution in [0.25, 0.3) is 0 Å². The van der Waals surface area contributed by atoms with E-state index in [0.717, 1.165) is 0 Å². The number of hydrogen-bond acceptors (Lipinski definition) is 5. The van der Waals surface area contributed by atoms with E-state index in [-0.39, 0.29) is 12.5 Å². The van der Waals surface area contributed by atoms with Crippen molar-refractivity contribution in [2.45, 2.75) is 19.1 Å². The van der Waals surface area contributed by atoms with E-state index < -0.39 is 18.1 Å². The molecule has 0 heterocycles. The highest BCUT2D eigenvalue weighted by molar-refractivity contribution is 5.85. The van der Waals surface area contributed by atoms with Crippen molar-refractivity contribution in [2.75, 3.05) is 27.7 Å². The third kappa shape index (κ3) is 4.26. The maximum Gasteiger partial charge on any atom is 0.325 e. The molecular weight excluding hydrogens is 200 g/mol. The largest absolute Gasteiger partial charge is 0.468 e. The second-order valence-corrected chi connectivity index (χ2v) is 3.28. The number of carbonyl (C=O) groups excluding carboxylic acids is 2. The van der Waals surface area contributed by atoms with Gasteiger partial charge >= 0.3 is 5.97 Å². The lowest BCUT2D eigenvalue weighted by Gasteiger charge is -2.24. The minimum absolute atomic E-state index is 0.125. The van der Waals surface area contributed by atoms with Crippen molar-refractivity contribution in [3.05, 3.63) is 0 Å². The third-order valence-corrected chi connectivity index (χ3v) is 2.03. The molecule has 15 heavy (non-hydrogen) atoms. The van der Waals surface area contributed by atoms with Crippen LogP contribution in [-0.2, 0) is 14.3 Å². The van der Waals surface area contributed by atoms with Crippen molar-refractivity contribution in [3.8, 4) is 0 Å². The minimum Gasteiger partial charge on any atom is -0.468 e. The Hall–Kier alpha value is -1.14. The van der Waals surface area contributed by atoms with Crippen LogP contribution in [0.3, 0.4) is 0 Å². The van der Waals surface area contributed by atoms with Crippen molar-refractivity contribution in [1.29, 1.82) is 0 Å². The molecule has 88 valence electrons. The van der Waals surface area contributed by atoms with E-state index in [2.05, 4.69) is 10.1 Å². The van der Waals surface area contributed by atoms with Gasteiger partial charge in [-0.2, -0.15) is 0 Å². The Morgan fingerprint density at radius 3 is 2.40 bits per heavy atom. The number of carbonyl (C=O) groups is 2. The van der Waals surface area contributed by atoms with Crippen LogP contribution in [0.5, 0.6) is 0 Å². The highest BCUT2D eigenvalue weighted by Gasteiger charge is 2.25. The summed E-state index contributed by atoms with van der Waals surface area (Å²) < 4.78 is 4.43. The third-order valence-electron chi connectivity index (χ3n) is 2.03. The van der Waals surface area contributed by atoms with Crippen LogP contribution >= 0.6 is 0 Å². The van der Waals surface area contributed by atoms with Crippen molar-refractivity contribution < 1.29 is 19.4 Å². The Morgan fingerprint density at radius 1 is 1.53 bits per heavy atom. The molecule has 0 unspecified atom stereocenters. The van der Waals surface area contributed by atoms with Gasteiger partial charge in [-0.05, 0) is 14.0 Å². The zero-order valence-corrected chi connectivity index (χ0v) is 9.48. The zero-order chi connectivity index (χ0) is 12.0. The lowest BCUT2D eigenvalue weighted by atomic mass is 10.1. The lowest BCUT2D eigenvalue weighted by molar-refractivity contribution is -0.147. The lowest BCUT2D eigenvalue weighted by Crippen LogP contribution is -2.50. The van der Waals surface area contributed by atoms with Crippen LogP contribution in [0.4, 0.5) is 0 Å². The van der Waals surface area contributed by atoms with Crippen molar-refractivity contribution in [2.24, 2.45) is 0 Å². The second kappa shape index (κ2) is 6.36. The molecule has 0 aliphatic rings. The molecule has 6 heteroatoms. The normalized spacial score (nSPS) is 14.2. The molecule has 0 fully saturated rings. The molecular formula is C9H18N2O4. The number of esters is 1. The molecule has 2 N–H and O–H groups in total. The van der Waals surface area contributed by atoms with Gasteiger partial charge in [0, 0.05) is 7.05 Å². The predicted molar refractivity (Wildman–Crippen MR) is 54.2 cm³/mol. The molecule has 0 aromatic heterocycles. The van der Waals surface area contributed by atoms with Crippen LogP contribution in [0.2, 0.25) is 0 Å². The Labute approximate surface area is 89.2 Å². The molecule has 6 nitrogen and oxygen atoms in total. The van der Waals surface area contributed by atoms with Gasteiger partial charge in [-0.3, -0.25) is 9.59 Å². The predicted octanol–water partition coefficient (Wildman–Crippen LogP) is -1.41. The molecule has 0 aromatic carbocycles. The summed E-state index contributed by atoms with van der Waals surface area (Å²) in [6, 6.07) is -0.709. The summed E-state index contributed by atoms with van der Waals surface area (Å²) in [5.74, 6) is -0.843. The first kappa shape index (κ1) is 13.9. The van der Waals surface area contributed by atoms with Gasteiger partial charge in [-0.1, -0.05) is 0 Å². The molecule has 0 spiro atoms. The number of nitrogens with zero attached hydrogens (tertiary/aromatic N) is 1. The van der Waals surface area contributed by atoms with E-state index in [0.29, 0.717) is 0 Å². The van der Waals surface area contributed by atoms with Crippen LogP contribution in [-0.4, -0.2) is 61.8 Å². The quantitative estimate of drug-likeness (QED) is 0.554. The van der Waals surface area contributed by atoms with Crippen LogP contribution in [0.15, 0.2) is 0 Å². The van der Waals surface area contributed by atoms with E-state index in [4.69, 9.17) is 0 Å². The summed E-state index contributed by atoms with van der Waals surface area (Å²) in [6.45, 7) is 1.38. The summed E-state index contributed by atoms with van der Waals surface area (Å²) >= 11 is 0. The second-order valence-electron chi connectivity index (χ2n) is 3.28. The number of likely N-dealkylation sites (N-methyl/N-ethyl adjacent to an activating group) is 2. The molecule has 2 atom stereocenters. The first-order valence-electron chi connectivity index (χ1n) is 4.61. The Morgan fingerprint density at radius 2 is 2.07 bits per heavy atom. The van der Waals surface area contributed by atoms with Gasteiger partial charge in [0.15, 0.2) is 0 Å². The number of nitrogens with one attached hydrogen (secondary N) is 1. The zero-order valence-electron chi connectivity index (χ0n) is 9.48. The fraction of sp³-hybridized carbons (Fsp3) is 0.778. The van der Waals surface area contributed by atoms with E-state index in [9.17, 15) is 14.7 Å². The molecule has 0 radical (unpaired) electrons. The fourth-order valence-corrected chi connectivity index (χ4v) is 1.14. The van der Waals surface area contributed by atoms with Gasteiger partial charge in [0.2, 0.25) is 5.91 Å². The van der Waals surface area contributed by atoms with Crippen molar-refractivity contribution in [3.63, 3.8) is 0 Å². The smallest absolute Gasteiger partial charge is 0.325 e. The van der Waals surface area contributed by atoms with Gasteiger partial charge < -0.3 is 20.1 Å². The van der Waals surface area contributed by atoms with E-state index in [1.54, 1.807) is 7.05 Å². The maximum atomic E-state index is 11.7. The van der Waals surface area contributed by atoms with Gasteiger partial charge in [-0.25, -0.2) is 0 Å². The molecule has 0 rings (SSSR count). The number of aliphatic hydroxyl groups excluding tert-OH is 1. The molecule has 0 saturated carbocycles. The Balaban J connectivity index is 4.35. The SMILES string of the molecule is CN[C@H](C(=O)N(C)CC(=O)OC)[C@@H](C)O. The van der Waals surface area contributed by atoms with E-state index in [1.807, 2.05) is 0 Å². The van der Waals surface area contributed by atoms with E-state index >= 15 is 0 Å².